The molecule has 2 aromatic carbocycles. The van der Waals surface area contributed by atoms with Gasteiger partial charge in [0.2, 0.25) is 0 Å². The maximum atomic E-state index is 13.8. The molecule has 0 atom stereocenters. The molecule has 0 bridgehead atoms. The van der Waals surface area contributed by atoms with E-state index in [-0.39, 0.29) is 12.3 Å². The summed E-state index contributed by atoms with van der Waals surface area (Å²) >= 11 is 0. The maximum absolute atomic E-state index is 13.8. The minimum atomic E-state index is -3.22. The summed E-state index contributed by atoms with van der Waals surface area (Å²) in [6, 6.07) is 14.0. The van der Waals surface area contributed by atoms with Crippen molar-refractivity contribution in [2.75, 3.05) is 24.7 Å². The van der Waals surface area contributed by atoms with Gasteiger partial charge in [-0.3, -0.25) is 0 Å². The smallest absolute Gasteiger partial charge is 0.198 e. The number of nitrogens with one attached hydrogen (secondary N) is 1. The van der Waals surface area contributed by atoms with Crippen LogP contribution in [0.1, 0.15) is 30.4 Å². The van der Waals surface area contributed by atoms with Gasteiger partial charge in [0.1, 0.15) is 5.82 Å². The van der Waals surface area contributed by atoms with Gasteiger partial charge in [-0.05, 0) is 54.7 Å². The largest absolute Gasteiger partial charge is 0.343 e. The number of sulfone groups is 1. The topological polar surface area (TPSA) is 61.8 Å². The Morgan fingerprint density at radius 3 is 2.46 bits per heavy atom. The molecule has 1 aliphatic heterocycles. The van der Waals surface area contributed by atoms with Gasteiger partial charge in [0.15, 0.2) is 15.8 Å². The number of piperidine rings is 1. The van der Waals surface area contributed by atoms with E-state index in [1.807, 2.05) is 30.3 Å². The number of benzene rings is 2. The first-order chi connectivity index (χ1) is 13.4. The van der Waals surface area contributed by atoms with Crippen molar-refractivity contribution in [2.45, 2.75) is 31.6 Å². The van der Waals surface area contributed by atoms with Crippen LogP contribution in [-0.2, 0) is 22.1 Å². The van der Waals surface area contributed by atoms with Crippen molar-refractivity contribution >= 4 is 21.5 Å². The molecule has 2 aromatic rings. The van der Waals surface area contributed by atoms with Gasteiger partial charge in [-0.15, -0.1) is 0 Å². The predicted octanol–water partition coefficient (Wildman–Crippen LogP) is 3.82. The highest BCUT2D eigenvalue weighted by atomic mass is 32.2. The molecule has 0 aromatic heterocycles. The Hall–Kier alpha value is -2.41. The van der Waals surface area contributed by atoms with Gasteiger partial charge < -0.3 is 10.2 Å². The zero-order valence-corrected chi connectivity index (χ0v) is 16.9. The number of hydrogen-bond acceptors (Lipinski definition) is 3. The number of halogens is 1. The monoisotopic (exact) mass is 403 g/mol. The number of likely N-dealkylation sites (tertiary alicyclic amines) is 1. The summed E-state index contributed by atoms with van der Waals surface area (Å²) in [5.74, 6) is 0.224. The van der Waals surface area contributed by atoms with Crippen LogP contribution in [0.4, 0.5) is 10.1 Å². The lowest BCUT2D eigenvalue weighted by atomic mass is 10.1. The van der Waals surface area contributed by atoms with E-state index in [1.165, 1.54) is 30.9 Å². The van der Waals surface area contributed by atoms with E-state index >= 15 is 0 Å². The lowest BCUT2D eigenvalue weighted by Gasteiger charge is -2.30. The van der Waals surface area contributed by atoms with E-state index in [9.17, 15) is 12.8 Å². The fraction of sp³-hybridized carbons (Fsp3) is 0.381. The summed E-state index contributed by atoms with van der Waals surface area (Å²) in [5, 5.41) is 3.37. The number of guanidine groups is 1. The third-order valence-corrected chi connectivity index (χ3v) is 5.51. The molecule has 28 heavy (non-hydrogen) atoms. The lowest BCUT2D eigenvalue weighted by molar-refractivity contribution is 0.340. The molecule has 0 aliphatic carbocycles. The molecule has 1 fully saturated rings. The van der Waals surface area contributed by atoms with Crippen molar-refractivity contribution in [2.24, 2.45) is 4.99 Å². The number of nitrogens with zero attached hydrogens (tertiary/aromatic N) is 2. The Morgan fingerprint density at radius 2 is 1.79 bits per heavy atom. The molecule has 1 saturated heterocycles. The Kier molecular flexibility index (Phi) is 6.67. The quantitative estimate of drug-likeness (QED) is 0.609. The van der Waals surface area contributed by atoms with Crippen LogP contribution in [0, 0.1) is 5.82 Å². The van der Waals surface area contributed by atoms with Crippen molar-refractivity contribution in [3.63, 3.8) is 0 Å². The van der Waals surface area contributed by atoms with Gasteiger partial charge in [-0.1, -0.05) is 24.3 Å². The van der Waals surface area contributed by atoms with Crippen LogP contribution in [0.5, 0.6) is 0 Å². The van der Waals surface area contributed by atoms with Crippen LogP contribution < -0.4 is 5.32 Å². The van der Waals surface area contributed by atoms with Crippen LogP contribution in [0.2, 0.25) is 0 Å². The Morgan fingerprint density at radius 1 is 1.07 bits per heavy atom. The third-order valence-electron chi connectivity index (χ3n) is 4.67. The number of anilines is 1. The summed E-state index contributed by atoms with van der Waals surface area (Å²) in [7, 11) is -3.22. The van der Waals surface area contributed by atoms with E-state index in [2.05, 4.69) is 10.2 Å². The van der Waals surface area contributed by atoms with Crippen LogP contribution in [0.15, 0.2) is 53.5 Å². The Labute approximate surface area is 166 Å². The highest BCUT2D eigenvalue weighted by Gasteiger charge is 2.16. The van der Waals surface area contributed by atoms with E-state index in [1.54, 1.807) is 0 Å². The normalized spacial score (nSPS) is 15.5. The molecule has 3 rings (SSSR count). The molecule has 5 nitrogen and oxygen atoms in total. The van der Waals surface area contributed by atoms with Crippen LogP contribution in [-0.4, -0.2) is 38.6 Å². The average molecular weight is 404 g/mol. The molecule has 0 amide bonds. The van der Waals surface area contributed by atoms with Crippen molar-refractivity contribution < 1.29 is 12.8 Å². The van der Waals surface area contributed by atoms with Gasteiger partial charge in [-0.25, -0.2) is 17.8 Å². The number of hydrogen-bond donors (Lipinski definition) is 1. The van der Waals surface area contributed by atoms with Crippen LogP contribution in [0.25, 0.3) is 0 Å². The first kappa shape index (κ1) is 20.3. The summed E-state index contributed by atoms with van der Waals surface area (Å²) in [4.78, 5) is 6.92. The number of aliphatic imine (C=N–C) groups is 1. The molecule has 0 unspecified atom stereocenters. The fourth-order valence-electron chi connectivity index (χ4n) is 3.30. The first-order valence-corrected chi connectivity index (χ1v) is 11.5. The molecular formula is C21H26FN3O2S. The predicted molar refractivity (Wildman–Crippen MR) is 112 cm³/mol. The van der Waals surface area contributed by atoms with E-state index in [4.69, 9.17) is 4.99 Å². The summed E-state index contributed by atoms with van der Waals surface area (Å²) in [5.41, 5.74) is 2.11. The molecule has 1 aliphatic rings. The zero-order valence-electron chi connectivity index (χ0n) is 16.1. The Balaban J connectivity index is 1.87. The van der Waals surface area contributed by atoms with Gasteiger partial charge >= 0.3 is 0 Å². The molecular weight excluding hydrogens is 377 g/mol. The van der Waals surface area contributed by atoms with Crippen molar-refractivity contribution in [1.29, 1.82) is 0 Å². The molecule has 1 N–H and O–H groups in total. The number of rotatable bonds is 5. The second-order valence-electron chi connectivity index (χ2n) is 7.16. The molecule has 7 heteroatoms. The molecule has 0 saturated carbocycles. The minimum absolute atomic E-state index is 0.122. The number of para-hydroxylation sites is 1. The van der Waals surface area contributed by atoms with E-state index in [0.29, 0.717) is 11.1 Å². The third kappa shape index (κ3) is 6.05. The van der Waals surface area contributed by atoms with Gasteiger partial charge in [0, 0.05) is 25.0 Å². The molecule has 1 heterocycles. The average Bonchev–Trinajstić information content (AvgIpc) is 2.67. The second kappa shape index (κ2) is 9.19. The summed E-state index contributed by atoms with van der Waals surface area (Å²) in [6.07, 6.45) is 4.60. The minimum Gasteiger partial charge on any atom is -0.343 e. The lowest BCUT2D eigenvalue weighted by Crippen LogP contribution is -2.40. The van der Waals surface area contributed by atoms with E-state index < -0.39 is 15.7 Å². The zero-order chi connectivity index (χ0) is 20.0. The van der Waals surface area contributed by atoms with Gasteiger partial charge in [0.05, 0.1) is 12.3 Å². The fourth-order valence-corrected chi connectivity index (χ4v) is 4.15. The van der Waals surface area contributed by atoms with Crippen molar-refractivity contribution in [3.8, 4) is 0 Å². The van der Waals surface area contributed by atoms with Crippen molar-refractivity contribution in [1.82, 2.24) is 4.90 Å². The molecule has 0 spiro atoms. The van der Waals surface area contributed by atoms with E-state index in [0.717, 1.165) is 37.6 Å². The molecule has 150 valence electrons. The van der Waals surface area contributed by atoms with Gasteiger partial charge in [0.25, 0.3) is 0 Å². The highest BCUT2D eigenvalue weighted by Crippen LogP contribution is 2.17. The van der Waals surface area contributed by atoms with Crippen LogP contribution in [0.3, 0.4) is 0 Å². The standard InChI is InChI=1S/C21H26FN3O2S/c1-28(26,27)16-17-10-11-19(22)14-18(17)15-23-21(25-12-6-3-7-13-25)24-20-8-4-2-5-9-20/h2,4-5,8-11,14H,3,6-7,12-13,15-16H2,1H3,(H,23,24). The van der Waals surface area contributed by atoms with Gasteiger partial charge in [-0.2, -0.15) is 0 Å². The Bertz CT molecular complexity index is 924. The highest BCUT2D eigenvalue weighted by molar-refractivity contribution is 7.89. The second-order valence-corrected chi connectivity index (χ2v) is 9.30. The first-order valence-electron chi connectivity index (χ1n) is 9.47. The summed E-state index contributed by atoms with van der Waals surface area (Å²) < 4.78 is 37.2. The van der Waals surface area contributed by atoms with Crippen LogP contribution >= 0.6 is 0 Å². The summed E-state index contributed by atoms with van der Waals surface area (Å²) in [6.45, 7) is 2.05. The molecule has 0 radical (unpaired) electrons. The van der Waals surface area contributed by atoms with Crippen molar-refractivity contribution in [3.05, 3.63) is 65.5 Å². The maximum Gasteiger partial charge on any atom is 0.198 e. The SMILES string of the molecule is CS(=O)(=O)Cc1ccc(F)cc1CN=C(Nc1ccccc1)N1CCCCC1.